The summed E-state index contributed by atoms with van der Waals surface area (Å²) >= 11 is 11.4. The quantitative estimate of drug-likeness (QED) is 0.382. The largest absolute Gasteiger partial charge is 0.484 e. The van der Waals surface area contributed by atoms with E-state index >= 15 is 0 Å². The second kappa shape index (κ2) is 10.5. The number of hydrogen-bond acceptors (Lipinski definition) is 5. The van der Waals surface area contributed by atoms with E-state index in [-0.39, 0.29) is 40.0 Å². The van der Waals surface area contributed by atoms with Gasteiger partial charge in [-0.1, -0.05) is 23.2 Å². The molecule has 2 N–H and O–H groups in total. The number of rotatable bonds is 8. The van der Waals surface area contributed by atoms with Crippen LogP contribution in [0.15, 0.2) is 36.4 Å². The lowest BCUT2D eigenvalue weighted by atomic mass is 9.44. The second-order valence-electron chi connectivity index (χ2n) is 10.8. The molecule has 1 aliphatic heterocycles. The number of halogens is 10. The molecule has 1 atom stereocenters. The maximum atomic E-state index is 14.4. The lowest BCUT2D eigenvalue weighted by Gasteiger charge is -2.70. The van der Waals surface area contributed by atoms with Gasteiger partial charge in [0.15, 0.2) is 12.7 Å². The van der Waals surface area contributed by atoms with E-state index < -0.39 is 83.3 Å². The molecule has 2 bridgehead atoms. The Bertz CT molecular complexity index is 1520. The summed E-state index contributed by atoms with van der Waals surface area (Å²) in [5.41, 5.74) is -2.21. The van der Waals surface area contributed by atoms with Gasteiger partial charge in [0.25, 0.3) is 11.8 Å². The van der Waals surface area contributed by atoms with Crippen molar-refractivity contribution in [3.05, 3.63) is 52.3 Å². The van der Waals surface area contributed by atoms with Crippen molar-refractivity contribution in [3.63, 3.8) is 0 Å². The van der Waals surface area contributed by atoms with Gasteiger partial charge >= 0.3 is 23.9 Å². The van der Waals surface area contributed by atoms with Gasteiger partial charge in [-0.25, -0.2) is 4.39 Å². The lowest BCUT2D eigenvalue weighted by molar-refractivity contribution is -0.343. The second-order valence-corrected chi connectivity index (χ2v) is 11.6. The summed E-state index contributed by atoms with van der Waals surface area (Å²) in [7, 11) is 0. The van der Waals surface area contributed by atoms with Gasteiger partial charge in [0.1, 0.15) is 17.3 Å². The fraction of sp³-hybridized carbons (Fsp3) is 0.423. The van der Waals surface area contributed by atoms with E-state index in [0.717, 1.165) is 24.3 Å². The normalized spacial score (nSPS) is 24.2. The topological polar surface area (TPSA) is 97.0 Å². The minimum absolute atomic E-state index is 0.0621. The molecule has 0 radical (unpaired) electrons. The summed E-state index contributed by atoms with van der Waals surface area (Å²) in [5, 5.41) is 5.03. The predicted octanol–water partition coefficient (Wildman–Crippen LogP) is 5.05. The molecule has 0 spiro atoms. The molecule has 8 nitrogen and oxygen atoms in total. The van der Waals surface area contributed by atoms with Crippen molar-refractivity contribution in [3.8, 4) is 11.5 Å². The van der Waals surface area contributed by atoms with Gasteiger partial charge in [-0.2, -0.15) is 30.7 Å². The van der Waals surface area contributed by atoms with E-state index in [1.807, 2.05) is 0 Å². The van der Waals surface area contributed by atoms with Crippen molar-refractivity contribution in [2.24, 2.45) is 0 Å². The molecule has 238 valence electrons. The fourth-order valence-electron chi connectivity index (χ4n) is 5.51. The van der Waals surface area contributed by atoms with E-state index in [1.54, 1.807) is 0 Å². The zero-order chi connectivity index (χ0) is 32.5. The van der Waals surface area contributed by atoms with Crippen LogP contribution >= 0.6 is 23.2 Å². The van der Waals surface area contributed by atoms with Crippen molar-refractivity contribution < 1.29 is 59.0 Å². The SMILES string of the molecule is O=C(COc1ccc(Cl)c(F)c1)NC12CC(NC(=O)C3CN(C(=O)C(F)(F)C(F)(F)C(F)(F)F)c4cc(Cl)ccc4O3)(C1)C2. The van der Waals surface area contributed by atoms with Crippen molar-refractivity contribution in [1.29, 1.82) is 0 Å². The van der Waals surface area contributed by atoms with Crippen LogP contribution in [0.3, 0.4) is 0 Å². The van der Waals surface area contributed by atoms with Crippen molar-refractivity contribution >= 4 is 46.6 Å². The lowest BCUT2D eigenvalue weighted by Crippen LogP contribution is -2.84. The molecular weight excluding hydrogens is 657 g/mol. The number of anilines is 1. The highest BCUT2D eigenvalue weighted by Crippen LogP contribution is 2.60. The summed E-state index contributed by atoms with van der Waals surface area (Å²) in [5.74, 6) is -18.5. The third kappa shape index (κ3) is 5.46. The number of hydrogen-bond donors (Lipinski definition) is 2. The highest BCUT2D eigenvalue weighted by Gasteiger charge is 2.77. The van der Waals surface area contributed by atoms with Crippen LogP contribution in [0.1, 0.15) is 19.3 Å². The number of ether oxygens (including phenoxy) is 2. The number of carbonyl (C=O) groups is 3. The molecule has 1 unspecified atom stereocenters. The number of carbonyl (C=O) groups excluding carboxylic acids is 3. The van der Waals surface area contributed by atoms with Crippen LogP contribution in [0.4, 0.5) is 40.8 Å². The summed E-state index contributed by atoms with van der Waals surface area (Å²) in [6.07, 6.45) is -7.86. The molecule has 18 heteroatoms. The van der Waals surface area contributed by atoms with E-state index in [0.29, 0.717) is 0 Å². The molecule has 0 aromatic heterocycles. The van der Waals surface area contributed by atoms with Crippen LogP contribution in [-0.4, -0.2) is 66.1 Å². The number of alkyl halides is 7. The van der Waals surface area contributed by atoms with Crippen molar-refractivity contribution in [2.75, 3.05) is 18.1 Å². The molecule has 2 aromatic carbocycles. The summed E-state index contributed by atoms with van der Waals surface area (Å²) in [6, 6.07) is 6.64. The predicted molar refractivity (Wildman–Crippen MR) is 137 cm³/mol. The molecule has 3 aliphatic carbocycles. The van der Waals surface area contributed by atoms with Gasteiger partial charge in [0.2, 0.25) is 0 Å². The Kier molecular flexibility index (Phi) is 7.63. The number of nitrogens with zero attached hydrogens (tertiary/aromatic N) is 1. The van der Waals surface area contributed by atoms with Gasteiger partial charge in [0.05, 0.1) is 17.3 Å². The smallest absolute Gasteiger partial charge is 0.460 e. The Morgan fingerprint density at radius 3 is 2.20 bits per heavy atom. The van der Waals surface area contributed by atoms with Crippen LogP contribution in [-0.2, 0) is 14.4 Å². The Labute approximate surface area is 252 Å². The molecule has 4 aliphatic rings. The first kappa shape index (κ1) is 31.9. The van der Waals surface area contributed by atoms with E-state index in [4.69, 9.17) is 32.7 Å². The van der Waals surface area contributed by atoms with Gasteiger partial charge < -0.3 is 20.1 Å². The first-order valence-corrected chi connectivity index (χ1v) is 13.4. The minimum Gasteiger partial charge on any atom is -0.484 e. The zero-order valence-electron chi connectivity index (χ0n) is 21.8. The zero-order valence-corrected chi connectivity index (χ0v) is 23.4. The van der Waals surface area contributed by atoms with Gasteiger partial charge in [0, 0.05) is 22.2 Å². The molecule has 44 heavy (non-hydrogen) atoms. The highest BCUT2D eigenvalue weighted by molar-refractivity contribution is 6.31. The van der Waals surface area contributed by atoms with Crippen LogP contribution in [0.25, 0.3) is 0 Å². The van der Waals surface area contributed by atoms with Crippen molar-refractivity contribution in [1.82, 2.24) is 10.6 Å². The number of fused-ring (bicyclic) bond motifs is 1. The average molecular weight is 676 g/mol. The Balaban J connectivity index is 1.22. The highest BCUT2D eigenvalue weighted by atomic mass is 35.5. The number of nitrogens with one attached hydrogen (secondary N) is 2. The number of amides is 3. The molecule has 1 heterocycles. The maximum absolute atomic E-state index is 14.4. The molecule has 6 rings (SSSR count). The first-order chi connectivity index (χ1) is 20.3. The third-order valence-corrected chi connectivity index (χ3v) is 8.01. The van der Waals surface area contributed by atoms with Crippen LogP contribution in [0, 0.1) is 5.82 Å². The fourth-order valence-corrected chi connectivity index (χ4v) is 5.79. The molecular formula is C26H19Cl2F8N3O5. The monoisotopic (exact) mass is 675 g/mol. The number of benzene rings is 2. The van der Waals surface area contributed by atoms with Crippen molar-refractivity contribution in [2.45, 2.75) is 54.5 Å². The summed E-state index contributed by atoms with van der Waals surface area (Å²) in [6.45, 7) is -1.59. The average Bonchev–Trinajstić information content (AvgIpc) is 2.90. The molecule has 3 amide bonds. The van der Waals surface area contributed by atoms with Crippen LogP contribution in [0.2, 0.25) is 10.0 Å². The van der Waals surface area contributed by atoms with Gasteiger partial charge in [-0.05, 0) is 49.6 Å². The van der Waals surface area contributed by atoms with Gasteiger partial charge in [-0.3, -0.25) is 19.3 Å². The Morgan fingerprint density at radius 2 is 1.59 bits per heavy atom. The molecule has 2 aromatic rings. The Morgan fingerprint density at radius 1 is 0.955 bits per heavy atom. The maximum Gasteiger partial charge on any atom is 0.460 e. The summed E-state index contributed by atoms with van der Waals surface area (Å²) in [4.78, 5) is 37.8. The first-order valence-electron chi connectivity index (χ1n) is 12.6. The molecule has 3 saturated carbocycles. The van der Waals surface area contributed by atoms with E-state index in [9.17, 15) is 49.5 Å². The van der Waals surface area contributed by atoms with Gasteiger partial charge in [-0.15, -0.1) is 0 Å². The summed E-state index contributed by atoms with van der Waals surface area (Å²) < 4.78 is 119. The van der Waals surface area contributed by atoms with Crippen LogP contribution < -0.4 is 25.0 Å². The van der Waals surface area contributed by atoms with E-state index in [1.165, 1.54) is 12.1 Å². The minimum atomic E-state index is -6.76. The molecule has 3 fully saturated rings. The third-order valence-electron chi connectivity index (χ3n) is 7.47. The Hall–Kier alpha value is -3.53. The standard InChI is InChI=1S/C26H19Cl2F8N3O5/c27-12-1-4-17-16(5-12)39(21(42)24(30,31)25(32,33)26(34,35)36)7-18(44-17)20(41)38-23-9-22(10-23,11-23)37-19(40)8-43-13-2-3-14(28)15(29)6-13/h1-6,18H,7-11H2,(H,37,40)(H,38,41). The van der Waals surface area contributed by atoms with Crippen LogP contribution in [0.5, 0.6) is 11.5 Å². The van der Waals surface area contributed by atoms with E-state index in [2.05, 4.69) is 10.6 Å². The molecule has 0 saturated heterocycles.